The Balaban J connectivity index is 2.07. The standard InChI is InChI=1S/C14H15ClN2O3/c1-8-5-10(3-4-12(8)15)19-7-11-6-9(2)13(20-11)14(18)17-16/h3-6H,7,16H2,1-2H3,(H,17,18). The maximum atomic E-state index is 11.4. The maximum Gasteiger partial charge on any atom is 0.301 e. The van der Waals surface area contributed by atoms with E-state index in [-0.39, 0.29) is 12.4 Å². The summed E-state index contributed by atoms with van der Waals surface area (Å²) in [5.41, 5.74) is 3.68. The topological polar surface area (TPSA) is 77.5 Å². The first-order valence-electron chi connectivity index (χ1n) is 6.00. The van der Waals surface area contributed by atoms with Crippen molar-refractivity contribution in [2.45, 2.75) is 20.5 Å². The van der Waals surface area contributed by atoms with E-state index in [4.69, 9.17) is 26.6 Å². The Morgan fingerprint density at radius 2 is 2.10 bits per heavy atom. The molecule has 0 atom stereocenters. The largest absolute Gasteiger partial charge is 0.486 e. The second kappa shape index (κ2) is 5.98. The van der Waals surface area contributed by atoms with Crippen LogP contribution >= 0.6 is 11.6 Å². The Labute approximate surface area is 121 Å². The molecule has 0 aliphatic rings. The van der Waals surface area contributed by atoms with Crippen LogP contribution in [-0.4, -0.2) is 5.91 Å². The number of carbonyl (C=O) groups is 1. The van der Waals surface area contributed by atoms with Gasteiger partial charge < -0.3 is 9.15 Å². The first-order chi connectivity index (χ1) is 9.51. The van der Waals surface area contributed by atoms with Crippen LogP contribution in [0.3, 0.4) is 0 Å². The van der Waals surface area contributed by atoms with E-state index >= 15 is 0 Å². The zero-order chi connectivity index (χ0) is 14.7. The molecule has 3 N–H and O–H groups in total. The summed E-state index contributed by atoms with van der Waals surface area (Å²) < 4.78 is 11.0. The molecule has 1 aromatic carbocycles. The number of furan rings is 1. The van der Waals surface area contributed by atoms with E-state index < -0.39 is 5.91 Å². The van der Waals surface area contributed by atoms with Crippen molar-refractivity contribution in [2.75, 3.05) is 0 Å². The van der Waals surface area contributed by atoms with Crippen molar-refractivity contribution in [2.24, 2.45) is 5.84 Å². The minimum Gasteiger partial charge on any atom is -0.486 e. The van der Waals surface area contributed by atoms with E-state index in [2.05, 4.69) is 0 Å². The lowest BCUT2D eigenvalue weighted by Crippen LogP contribution is -2.30. The molecule has 0 saturated heterocycles. The predicted molar refractivity (Wildman–Crippen MR) is 75.6 cm³/mol. The molecule has 2 rings (SSSR count). The highest BCUT2D eigenvalue weighted by Gasteiger charge is 2.14. The van der Waals surface area contributed by atoms with Gasteiger partial charge in [-0.1, -0.05) is 11.6 Å². The lowest BCUT2D eigenvalue weighted by molar-refractivity contribution is 0.0921. The van der Waals surface area contributed by atoms with Gasteiger partial charge >= 0.3 is 5.91 Å². The molecule has 20 heavy (non-hydrogen) atoms. The van der Waals surface area contributed by atoms with Crippen LogP contribution in [0.5, 0.6) is 5.75 Å². The normalized spacial score (nSPS) is 10.4. The fraction of sp³-hybridized carbons (Fsp3) is 0.214. The summed E-state index contributed by atoms with van der Waals surface area (Å²) in [6, 6.07) is 7.13. The molecular weight excluding hydrogens is 280 g/mol. The Morgan fingerprint density at radius 3 is 2.75 bits per heavy atom. The molecule has 0 aliphatic carbocycles. The van der Waals surface area contributed by atoms with Crippen LogP contribution in [0.1, 0.15) is 27.4 Å². The van der Waals surface area contributed by atoms with Crippen molar-refractivity contribution in [3.63, 3.8) is 0 Å². The zero-order valence-electron chi connectivity index (χ0n) is 11.2. The number of hydrogen-bond acceptors (Lipinski definition) is 4. The summed E-state index contributed by atoms with van der Waals surface area (Å²) >= 11 is 5.94. The minimum absolute atomic E-state index is 0.193. The summed E-state index contributed by atoms with van der Waals surface area (Å²) in [7, 11) is 0. The van der Waals surface area contributed by atoms with Crippen LogP contribution in [0.4, 0.5) is 0 Å². The van der Waals surface area contributed by atoms with Gasteiger partial charge in [-0.15, -0.1) is 0 Å². The van der Waals surface area contributed by atoms with Crippen LogP contribution < -0.4 is 16.0 Å². The molecule has 1 aromatic heterocycles. The molecule has 1 amide bonds. The summed E-state index contributed by atoms with van der Waals surface area (Å²) in [5.74, 6) is 6.04. The van der Waals surface area contributed by atoms with Gasteiger partial charge in [-0.25, -0.2) is 5.84 Å². The Morgan fingerprint density at radius 1 is 1.35 bits per heavy atom. The summed E-state index contributed by atoms with van der Waals surface area (Å²) in [5, 5.41) is 0.688. The molecule has 0 unspecified atom stereocenters. The van der Waals surface area contributed by atoms with Gasteiger partial charge in [-0.05, 0) is 43.7 Å². The zero-order valence-corrected chi connectivity index (χ0v) is 12.0. The lowest BCUT2D eigenvalue weighted by atomic mass is 10.2. The average Bonchev–Trinajstić information content (AvgIpc) is 2.80. The number of carbonyl (C=O) groups excluding carboxylic acids is 1. The number of nitrogen functional groups attached to an aromatic ring is 1. The van der Waals surface area contributed by atoms with Crippen LogP contribution in [0.2, 0.25) is 5.02 Å². The highest BCUT2D eigenvalue weighted by Crippen LogP contribution is 2.22. The second-order valence-corrected chi connectivity index (χ2v) is 4.81. The minimum atomic E-state index is -0.462. The highest BCUT2D eigenvalue weighted by atomic mass is 35.5. The van der Waals surface area contributed by atoms with E-state index in [1.165, 1.54) is 0 Å². The van der Waals surface area contributed by atoms with Crippen molar-refractivity contribution in [3.05, 3.63) is 51.9 Å². The van der Waals surface area contributed by atoms with Gasteiger partial charge in [0.25, 0.3) is 0 Å². The lowest BCUT2D eigenvalue weighted by Gasteiger charge is -2.06. The second-order valence-electron chi connectivity index (χ2n) is 4.40. The maximum absolute atomic E-state index is 11.4. The van der Waals surface area contributed by atoms with E-state index in [9.17, 15) is 4.79 Å². The molecule has 0 aliphatic heterocycles. The molecule has 0 fully saturated rings. The number of nitrogens with two attached hydrogens (primary N) is 1. The van der Waals surface area contributed by atoms with Crippen molar-refractivity contribution in [1.29, 1.82) is 0 Å². The first kappa shape index (κ1) is 14.4. The third kappa shape index (κ3) is 3.12. The van der Waals surface area contributed by atoms with E-state index in [1.54, 1.807) is 25.1 Å². The fourth-order valence-corrected chi connectivity index (χ4v) is 1.89. The van der Waals surface area contributed by atoms with Gasteiger partial charge in [0.1, 0.15) is 18.1 Å². The molecular formula is C14H15ClN2O3. The van der Waals surface area contributed by atoms with E-state index in [0.29, 0.717) is 22.1 Å². The van der Waals surface area contributed by atoms with Crippen molar-refractivity contribution < 1.29 is 13.9 Å². The monoisotopic (exact) mass is 294 g/mol. The summed E-state index contributed by atoms with van der Waals surface area (Å²) in [6.45, 7) is 3.89. The van der Waals surface area contributed by atoms with Crippen LogP contribution in [-0.2, 0) is 6.61 Å². The van der Waals surface area contributed by atoms with Gasteiger partial charge in [0, 0.05) is 10.6 Å². The molecule has 1 heterocycles. The van der Waals surface area contributed by atoms with Crippen molar-refractivity contribution in [3.8, 4) is 5.75 Å². The van der Waals surface area contributed by atoms with Crippen molar-refractivity contribution >= 4 is 17.5 Å². The number of hydrazine groups is 1. The number of benzene rings is 1. The van der Waals surface area contributed by atoms with Crippen LogP contribution in [0.25, 0.3) is 0 Å². The third-order valence-corrected chi connectivity index (χ3v) is 3.24. The molecule has 2 aromatic rings. The number of ether oxygens (including phenoxy) is 1. The van der Waals surface area contributed by atoms with Crippen LogP contribution in [0.15, 0.2) is 28.7 Å². The average molecular weight is 295 g/mol. The quantitative estimate of drug-likeness (QED) is 0.516. The first-order valence-corrected chi connectivity index (χ1v) is 6.38. The smallest absolute Gasteiger partial charge is 0.301 e. The van der Waals surface area contributed by atoms with Gasteiger partial charge in [0.05, 0.1) is 0 Å². The number of hydrogen-bond donors (Lipinski definition) is 2. The van der Waals surface area contributed by atoms with Gasteiger partial charge in [0.15, 0.2) is 5.76 Å². The van der Waals surface area contributed by atoms with Crippen LogP contribution in [0, 0.1) is 13.8 Å². The molecule has 6 heteroatoms. The predicted octanol–water partition coefficient (Wildman–Crippen LogP) is 2.73. The molecule has 0 bridgehead atoms. The molecule has 0 radical (unpaired) electrons. The molecule has 106 valence electrons. The molecule has 5 nitrogen and oxygen atoms in total. The van der Waals surface area contributed by atoms with Gasteiger partial charge in [-0.2, -0.15) is 0 Å². The van der Waals surface area contributed by atoms with Crippen molar-refractivity contribution in [1.82, 2.24) is 5.43 Å². The van der Waals surface area contributed by atoms with E-state index in [1.807, 2.05) is 18.4 Å². The molecule has 0 spiro atoms. The third-order valence-electron chi connectivity index (χ3n) is 2.82. The number of amides is 1. The Hall–Kier alpha value is -1.98. The Bertz CT molecular complexity index is 637. The number of aryl methyl sites for hydroxylation is 2. The fourth-order valence-electron chi connectivity index (χ4n) is 1.77. The Kier molecular flexibility index (Phi) is 4.32. The van der Waals surface area contributed by atoms with E-state index in [0.717, 1.165) is 5.56 Å². The van der Waals surface area contributed by atoms with Gasteiger partial charge in [0.2, 0.25) is 0 Å². The molecule has 0 saturated carbocycles. The number of rotatable bonds is 4. The van der Waals surface area contributed by atoms with Gasteiger partial charge in [-0.3, -0.25) is 10.2 Å². The SMILES string of the molecule is Cc1cc(OCc2cc(C)c(C(=O)NN)o2)ccc1Cl. The summed E-state index contributed by atoms with van der Waals surface area (Å²) in [6.07, 6.45) is 0. The highest BCUT2D eigenvalue weighted by molar-refractivity contribution is 6.31. The number of halogens is 1. The number of nitrogens with one attached hydrogen (secondary N) is 1. The summed E-state index contributed by atoms with van der Waals surface area (Å²) in [4.78, 5) is 11.4.